The third kappa shape index (κ3) is 3.70. The van der Waals surface area contributed by atoms with Crippen LogP contribution in [0.3, 0.4) is 0 Å². The molecular formula is C13H25N3O2. The van der Waals surface area contributed by atoms with Crippen LogP contribution in [-0.2, 0) is 9.59 Å². The maximum absolute atomic E-state index is 12.0. The highest BCUT2D eigenvalue weighted by Crippen LogP contribution is 2.30. The Balaban J connectivity index is 2.37. The second-order valence-electron chi connectivity index (χ2n) is 5.30. The molecule has 1 saturated heterocycles. The van der Waals surface area contributed by atoms with E-state index in [1.807, 2.05) is 11.8 Å². The third-order valence-corrected chi connectivity index (χ3v) is 3.70. The van der Waals surface area contributed by atoms with Crippen LogP contribution in [0.25, 0.3) is 0 Å². The Morgan fingerprint density at radius 2 is 2.06 bits per heavy atom. The summed E-state index contributed by atoms with van der Waals surface area (Å²) in [6.45, 7) is 3.85. The number of amides is 2. The summed E-state index contributed by atoms with van der Waals surface area (Å²) in [6.07, 6.45) is 4.19. The molecule has 18 heavy (non-hydrogen) atoms. The lowest BCUT2D eigenvalue weighted by Gasteiger charge is -2.22. The molecule has 2 amide bonds. The van der Waals surface area contributed by atoms with Gasteiger partial charge in [-0.05, 0) is 32.7 Å². The van der Waals surface area contributed by atoms with Crippen molar-refractivity contribution in [3.63, 3.8) is 0 Å². The Kier molecular flexibility index (Phi) is 5.59. The van der Waals surface area contributed by atoms with E-state index in [2.05, 4.69) is 5.32 Å². The van der Waals surface area contributed by atoms with Crippen LogP contribution in [0.4, 0.5) is 0 Å². The van der Waals surface area contributed by atoms with Crippen molar-refractivity contribution in [3.05, 3.63) is 0 Å². The Hall–Kier alpha value is -1.10. The molecule has 1 unspecified atom stereocenters. The molecule has 3 N–H and O–H groups in total. The fourth-order valence-electron chi connectivity index (χ4n) is 2.42. The van der Waals surface area contributed by atoms with Gasteiger partial charge in [-0.1, -0.05) is 6.42 Å². The second kappa shape index (κ2) is 6.73. The van der Waals surface area contributed by atoms with Crippen LogP contribution in [-0.4, -0.2) is 43.4 Å². The van der Waals surface area contributed by atoms with Gasteiger partial charge >= 0.3 is 0 Å². The van der Waals surface area contributed by atoms with Gasteiger partial charge in [0.2, 0.25) is 11.8 Å². The molecular weight excluding hydrogens is 230 g/mol. The zero-order valence-electron chi connectivity index (χ0n) is 11.5. The minimum absolute atomic E-state index is 0.0286. The first-order chi connectivity index (χ1) is 8.53. The van der Waals surface area contributed by atoms with Gasteiger partial charge in [-0.2, -0.15) is 0 Å². The molecule has 1 fully saturated rings. The van der Waals surface area contributed by atoms with Gasteiger partial charge in [-0.15, -0.1) is 0 Å². The summed E-state index contributed by atoms with van der Waals surface area (Å²) in [5.41, 5.74) is 5.00. The normalized spacial score (nSPS) is 23.2. The van der Waals surface area contributed by atoms with Crippen molar-refractivity contribution in [2.45, 2.75) is 39.0 Å². The van der Waals surface area contributed by atoms with Gasteiger partial charge in [0.15, 0.2) is 0 Å². The molecule has 0 aliphatic carbocycles. The van der Waals surface area contributed by atoms with Crippen molar-refractivity contribution in [3.8, 4) is 0 Å². The summed E-state index contributed by atoms with van der Waals surface area (Å²) >= 11 is 0. The number of nitrogens with two attached hydrogens (primary N) is 1. The van der Waals surface area contributed by atoms with Crippen molar-refractivity contribution in [1.82, 2.24) is 10.2 Å². The molecule has 0 bridgehead atoms. The number of unbranched alkanes of at least 4 members (excludes halogenated alkanes) is 2. The Bertz CT molecular complexity index is 307. The van der Waals surface area contributed by atoms with E-state index in [-0.39, 0.29) is 11.8 Å². The lowest BCUT2D eigenvalue weighted by Crippen LogP contribution is -2.40. The van der Waals surface area contributed by atoms with Crippen LogP contribution in [0.5, 0.6) is 0 Å². The zero-order valence-corrected chi connectivity index (χ0v) is 11.5. The molecule has 1 aliphatic heterocycles. The topological polar surface area (TPSA) is 75.4 Å². The number of carbonyl (C=O) groups is 2. The molecule has 0 spiro atoms. The monoisotopic (exact) mass is 255 g/mol. The van der Waals surface area contributed by atoms with E-state index in [0.717, 1.165) is 25.7 Å². The molecule has 1 rings (SSSR count). The lowest BCUT2D eigenvalue weighted by atomic mass is 9.89. The molecule has 1 heterocycles. The molecule has 0 aromatic carbocycles. The van der Waals surface area contributed by atoms with Gasteiger partial charge in [0.1, 0.15) is 0 Å². The second-order valence-corrected chi connectivity index (χ2v) is 5.30. The first-order valence-electron chi connectivity index (χ1n) is 6.73. The Morgan fingerprint density at radius 1 is 1.33 bits per heavy atom. The van der Waals surface area contributed by atoms with Crippen LogP contribution < -0.4 is 11.1 Å². The number of nitrogens with zero attached hydrogens (tertiary/aromatic N) is 1. The number of likely N-dealkylation sites (tertiary alicyclic amines) is 1. The van der Waals surface area contributed by atoms with Crippen LogP contribution in [0, 0.1) is 5.41 Å². The highest BCUT2D eigenvalue weighted by molar-refractivity contribution is 5.84. The number of rotatable bonds is 6. The number of hydrogen-bond donors (Lipinski definition) is 2. The average Bonchev–Trinajstić information content (AvgIpc) is 2.77. The molecule has 1 atom stereocenters. The van der Waals surface area contributed by atoms with Gasteiger partial charge in [-0.25, -0.2) is 0 Å². The van der Waals surface area contributed by atoms with Crippen molar-refractivity contribution in [2.24, 2.45) is 11.1 Å². The predicted molar refractivity (Wildman–Crippen MR) is 70.9 cm³/mol. The first-order valence-corrected chi connectivity index (χ1v) is 6.73. The van der Waals surface area contributed by atoms with Gasteiger partial charge in [0, 0.05) is 26.6 Å². The molecule has 104 valence electrons. The van der Waals surface area contributed by atoms with Gasteiger partial charge in [-0.3, -0.25) is 9.59 Å². The molecule has 0 aromatic heterocycles. The first kappa shape index (κ1) is 15.0. The maximum atomic E-state index is 12.0. The highest BCUT2D eigenvalue weighted by atomic mass is 16.2. The van der Waals surface area contributed by atoms with Gasteiger partial charge in [0.25, 0.3) is 0 Å². The van der Waals surface area contributed by atoms with Gasteiger partial charge < -0.3 is 16.0 Å². The fraction of sp³-hybridized carbons (Fsp3) is 0.846. The fourth-order valence-corrected chi connectivity index (χ4v) is 2.42. The Morgan fingerprint density at radius 3 is 2.67 bits per heavy atom. The van der Waals surface area contributed by atoms with E-state index in [1.165, 1.54) is 0 Å². The van der Waals surface area contributed by atoms with Crippen LogP contribution >= 0.6 is 0 Å². The van der Waals surface area contributed by atoms with E-state index in [0.29, 0.717) is 26.1 Å². The van der Waals surface area contributed by atoms with Crippen LogP contribution in [0.15, 0.2) is 0 Å². The average molecular weight is 255 g/mol. The summed E-state index contributed by atoms with van der Waals surface area (Å²) in [7, 11) is 1.64. The number of carbonyl (C=O) groups excluding carboxylic acids is 2. The van der Waals surface area contributed by atoms with Crippen LogP contribution in [0.2, 0.25) is 0 Å². The minimum atomic E-state index is -0.415. The smallest absolute Gasteiger partial charge is 0.227 e. The quantitative estimate of drug-likeness (QED) is 0.678. The van der Waals surface area contributed by atoms with E-state index in [4.69, 9.17) is 5.73 Å². The highest BCUT2D eigenvalue weighted by Gasteiger charge is 2.41. The molecule has 1 aliphatic rings. The van der Waals surface area contributed by atoms with Crippen molar-refractivity contribution >= 4 is 11.8 Å². The summed E-state index contributed by atoms with van der Waals surface area (Å²) in [6, 6.07) is 0. The van der Waals surface area contributed by atoms with Gasteiger partial charge in [0.05, 0.1) is 5.41 Å². The molecule has 0 saturated carbocycles. The molecule has 0 aromatic rings. The Labute approximate surface area is 109 Å². The van der Waals surface area contributed by atoms with Crippen molar-refractivity contribution in [2.75, 3.05) is 26.7 Å². The van der Waals surface area contributed by atoms with E-state index in [9.17, 15) is 9.59 Å². The van der Waals surface area contributed by atoms with Crippen LogP contribution in [0.1, 0.15) is 39.0 Å². The summed E-state index contributed by atoms with van der Waals surface area (Å²) < 4.78 is 0. The third-order valence-electron chi connectivity index (χ3n) is 3.70. The minimum Gasteiger partial charge on any atom is -0.359 e. The largest absolute Gasteiger partial charge is 0.359 e. The summed E-state index contributed by atoms with van der Waals surface area (Å²) in [5.74, 6) is 0.195. The zero-order chi connectivity index (χ0) is 13.6. The lowest BCUT2D eigenvalue weighted by molar-refractivity contribution is -0.132. The number of nitrogens with one attached hydrogen (secondary N) is 1. The molecule has 5 heteroatoms. The number of hydrogen-bond acceptors (Lipinski definition) is 3. The standard InChI is InChI=1S/C13H25N3O2/c1-13(12(18)15-2)7-9-16(10-13)11(17)6-4-3-5-8-14/h3-10,14H2,1-2H3,(H,15,18). The maximum Gasteiger partial charge on any atom is 0.227 e. The van der Waals surface area contributed by atoms with E-state index >= 15 is 0 Å². The summed E-state index contributed by atoms with van der Waals surface area (Å²) in [5, 5.41) is 2.68. The van der Waals surface area contributed by atoms with Crippen molar-refractivity contribution in [1.29, 1.82) is 0 Å². The molecule has 0 radical (unpaired) electrons. The van der Waals surface area contributed by atoms with E-state index in [1.54, 1.807) is 7.05 Å². The molecule has 5 nitrogen and oxygen atoms in total. The van der Waals surface area contributed by atoms with E-state index < -0.39 is 5.41 Å². The SMILES string of the molecule is CNC(=O)C1(C)CCN(C(=O)CCCCCN)C1. The summed E-state index contributed by atoms with van der Waals surface area (Å²) in [4.78, 5) is 25.5. The van der Waals surface area contributed by atoms with Crippen molar-refractivity contribution < 1.29 is 9.59 Å². The predicted octanol–water partition coefficient (Wildman–Crippen LogP) is 0.490.